The Bertz CT molecular complexity index is 1300. The number of hydrogen-bond donors (Lipinski definition) is 0. The third-order valence-electron chi connectivity index (χ3n) is 10.0. The Morgan fingerprint density at radius 1 is 0.550 bits per heavy atom. The predicted octanol–water partition coefficient (Wildman–Crippen LogP) is 7.70. The molecule has 4 unspecified atom stereocenters. The van der Waals surface area contributed by atoms with Crippen LogP contribution in [0.15, 0.2) is 121 Å². The van der Waals surface area contributed by atoms with Gasteiger partial charge in [0.2, 0.25) is 0 Å². The number of hydrogen-bond acceptors (Lipinski definition) is 2. The molecule has 0 spiro atoms. The average molecular weight is 565 g/mol. The van der Waals surface area contributed by atoms with Crippen LogP contribution in [0.3, 0.4) is 0 Å². The van der Waals surface area contributed by atoms with Gasteiger partial charge < -0.3 is 9.05 Å². The largest absolute Gasteiger partial charge is 0.349 e. The zero-order valence-electron chi connectivity index (χ0n) is 23.1. The summed E-state index contributed by atoms with van der Waals surface area (Å²) in [6.07, 6.45) is 7.90. The fraction of sp³-hybridized carbons (Fsp3) is 0.333. The lowest BCUT2D eigenvalue weighted by Crippen LogP contribution is -2.47. The van der Waals surface area contributed by atoms with Crippen molar-refractivity contribution in [2.75, 3.05) is 13.2 Å². The van der Waals surface area contributed by atoms with Gasteiger partial charge in [-0.3, -0.25) is 0 Å². The predicted molar refractivity (Wildman–Crippen MR) is 170 cm³/mol. The summed E-state index contributed by atoms with van der Waals surface area (Å²) >= 11 is 0. The molecule has 0 aliphatic heterocycles. The Kier molecular flexibility index (Phi) is 7.64. The minimum absolute atomic E-state index is 0.206. The molecule has 3 aliphatic carbocycles. The SMILES string of the molecule is c1ccc(P(OCC23CCC(C2)C2CCCC23COP(c2ccccc2)c2ccccc2)c2ccccc2)cc1. The van der Waals surface area contributed by atoms with Gasteiger partial charge in [0.25, 0.3) is 0 Å². The first-order valence-corrected chi connectivity index (χ1v) is 17.4. The fourth-order valence-electron chi connectivity index (χ4n) is 8.23. The lowest BCUT2D eigenvalue weighted by molar-refractivity contribution is -0.0413. The highest BCUT2D eigenvalue weighted by atomic mass is 31.1. The molecule has 0 N–H and O–H groups in total. The molecule has 0 aromatic heterocycles. The quantitative estimate of drug-likeness (QED) is 0.184. The van der Waals surface area contributed by atoms with Crippen LogP contribution in [-0.4, -0.2) is 13.2 Å². The van der Waals surface area contributed by atoms with Crippen molar-refractivity contribution in [2.45, 2.75) is 38.5 Å². The third-order valence-corrected chi connectivity index (χ3v) is 13.8. The smallest absolute Gasteiger partial charge is 0.0917 e. The van der Waals surface area contributed by atoms with E-state index in [-0.39, 0.29) is 10.8 Å². The molecule has 3 aliphatic rings. The van der Waals surface area contributed by atoms with Crippen LogP contribution in [0.4, 0.5) is 0 Å². The van der Waals surface area contributed by atoms with Crippen molar-refractivity contribution in [3.05, 3.63) is 121 Å². The summed E-state index contributed by atoms with van der Waals surface area (Å²) in [7, 11) is -1.72. The van der Waals surface area contributed by atoms with E-state index < -0.39 is 16.3 Å². The molecular formula is C36H38O2P2. The Hall–Kier alpha value is -2.34. The van der Waals surface area contributed by atoms with E-state index in [9.17, 15) is 0 Å². The van der Waals surface area contributed by atoms with Gasteiger partial charge in [-0.25, -0.2) is 0 Å². The molecule has 4 heteroatoms. The van der Waals surface area contributed by atoms with E-state index in [1.807, 2.05) is 0 Å². The standard InChI is InChI=1S/C36H38O2P2/c1-5-14-30(15-6-1)39(31-16-7-2-8-17-31)37-27-35-25-23-29(26-35)34-22-13-24-36(34,35)28-38-40(32-18-9-3-10-19-32)33-20-11-4-12-21-33/h1-12,14-21,29,34H,13,22-28H2. The summed E-state index contributed by atoms with van der Waals surface area (Å²) in [5.41, 5.74) is 0.422. The van der Waals surface area contributed by atoms with Crippen molar-refractivity contribution < 1.29 is 9.05 Å². The van der Waals surface area contributed by atoms with E-state index in [1.54, 1.807) is 0 Å². The first-order valence-electron chi connectivity index (χ1n) is 14.8. The number of benzene rings is 4. The minimum atomic E-state index is -0.858. The van der Waals surface area contributed by atoms with Crippen LogP contribution in [-0.2, 0) is 9.05 Å². The molecule has 3 saturated carbocycles. The second-order valence-electron chi connectivity index (χ2n) is 11.9. The summed E-state index contributed by atoms with van der Waals surface area (Å²) < 4.78 is 14.3. The normalized spacial score (nSPS) is 26.9. The Morgan fingerprint density at radius 3 is 1.48 bits per heavy atom. The highest BCUT2D eigenvalue weighted by molar-refractivity contribution is 7.68. The molecule has 4 atom stereocenters. The highest BCUT2D eigenvalue weighted by Crippen LogP contribution is 2.73. The van der Waals surface area contributed by atoms with Gasteiger partial charge in [0.1, 0.15) is 0 Å². The maximum Gasteiger partial charge on any atom is 0.0917 e. The van der Waals surface area contributed by atoms with Gasteiger partial charge in [-0.2, -0.15) is 0 Å². The van der Waals surface area contributed by atoms with Gasteiger partial charge >= 0.3 is 0 Å². The molecule has 0 radical (unpaired) electrons. The first-order chi connectivity index (χ1) is 19.8. The number of fused-ring (bicyclic) bond motifs is 5. The monoisotopic (exact) mass is 564 g/mol. The van der Waals surface area contributed by atoms with Crippen molar-refractivity contribution in [3.8, 4) is 0 Å². The van der Waals surface area contributed by atoms with Crippen molar-refractivity contribution in [1.29, 1.82) is 0 Å². The molecule has 7 rings (SSSR count). The molecule has 2 nitrogen and oxygen atoms in total. The topological polar surface area (TPSA) is 18.5 Å². The summed E-state index contributed by atoms with van der Waals surface area (Å²) in [5, 5.41) is 5.22. The lowest BCUT2D eigenvalue weighted by Gasteiger charge is -2.48. The maximum absolute atomic E-state index is 7.17. The van der Waals surface area contributed by atoms with E-state index in [1.165, 1.54) is 59.7 Å². The first kappa shape index (κ1) is 26.6. The second kappa shape index (κ2) is 11.5. The molecule has 204 valence electrons. The van der Waals surface area contributed by atoms with E-state index in [0.29, 0.717) is 0 Å². The Labute approximate surface area is 241 Å². The molecule has 0 amide bonds. The second-order valence-corrected chi connectivity index (χ2v) is 15.7. The summed E-state index contributed by atoms with van der Waals surface area (Å²) in [6.45, 7) is 1.69. The molecule has 2 bridgehead atoms. The van der Waals surface area contributed by atoms with E-state index in [4.69, 9.17) is 9.05 Å². The van der Waals surface area contributed by atoms with Crippen LogP contribution < -0.4 is 21.2 Å². The van der Waals surface area contributed by atoms with E-state index >= 15 is 0 Å². The van der Waals surface area contributed by atoms with Crippen LogP contribution in [0, 0.1) is 22.7 Å². The molecule has 4 aromatic carbocycles. The van der Waals surface area contributed by atoms with Gasteiger partial charge in [0.15, 0.2) is 0 Å². The molecular weight excluding hydrogens is 526 g/mol. The zero-order valence-corrected chi connectivity index (χ0v) is 24.9. The summed E-state index contributed by atoms with van der Waals surface area (Å²) in [6, 6.07) is 43.6. The van der Waals surface area contributed by atoms with Crippen LogP contribution >= 0.6 is 16.3 Å². The third kappa shape index (κ3) is 4.78. The van der Waals surface area contributed by atoms with Crippen LogP contribution in [0.1, 0.15) is 38.5 Å². The zero-order chi connectivity index (χ0) is 26.8. The summed E-state index contributed by atoms with van der Waals surface area (Å²) in [4.78, 5) is 0. The van der Waals surface area contributed by atoms with Gasteiger partial charge in [0, 0.05) is 32.0 Å². The summed E-state index contributed by atoms with van der Waals surface area (Å²) in [5.74, 6) is 1.60. The Morgan fingerprint density at radius 2 is 1.00 bits per heavy atom. The van der Waals surface area contributed by atoms with Gasteiger partial charge in [0.05, 0.1) is 29.5 Å². The van der Waals surface area contributed by atoms with Crippen LogP contribution in [0.5, 0.6) is 0 Å². The van der Waals surface area contributed by atoms with Crippen LogP contribution in [0.25, 0.3) is 0 Å². The molecule has 0 heterocycles. The van der Waals surface area contributed by atoms with Crippen LogP contribution in [0.2, 0.25) is 0 Å². The van der Waals surface area contributed by atoms with Crippen molar-refractivity contribution in [2.24, 2.45) is 22.7 Å². The lowest BCUT2D eigenvalue weighted by atomic mass is 9.60. The molecule has 0 saturated heterocycles. The molecule has 4 aromatic rings. The van der Waals surface area contributed by atoms with E-state index in [2.05, 4.69) is 121 Å². The van der Waals surface area contributed by atoms with Gasteiger partial charge in [-0.05, 0) is 43.9 Å². The minimum Gasteiger partial charge on any atom is -0.349 e. The Balaban J connectivity index is 1.18. The van der Waals surface area contributed by atoms with E-state index in [0.717, 1.165) is 25.0 Å². The average Bonchev–Trinajstić information content (AvgIpc) is 3.72. The highest BCUT2D eigenvalue weighted by Gasteiger charge is 2.68. The molecule has 3 fully saturated rings. The van der Waals surface area contributed by atoms with Crippen molar-refractivity contribution in [3.63, 3.8) is 0 Å². The fourth-order valence-corrected chi connectivity index (χ4v) is 11.9. The van der Waals surface area contributed by atoms with Crippen molar-refractivity contribution in [1.82, 2.24) is 0 Å². The maximum atomic E-state index is 7.17. The number of rotatable bonds is 10. The van der Waals surface area contributed by atoms with Crippen molar-refractivity contribution >= 4 is 37.5 Å². The van der Waals surface area contributed by atoms with Gasteiger partial charge in [-0.1, -0.05) is 128 Å². The van der Waals surface area contributed by atoms with Gasteiger partial charge in [-0.15, -0.1) is 0 Å². The molecule has 40 heavy (non-hydrogen) atoms.